The van der Waals surface area contributed by atoms with E-state index in [4.69, 9.17) is 9.84 Å². The number of hydrogen-bond donors (Lipinski definition) is 2. The fourth-order valence-electron chi connectivity index (χ4n) is 2.73. The lowest BCUT2D eigenvalue weighted by Gasteiger charge is -2.17. The summed E-state index contributed by atoms with van der Waals surface area (Å²) >= 11 is 0. The minimum Gasteiger partial charge on any atom is -0.486 e. The Morgan fingerprint density at radius 2 is 2.22 bits per heavy atom. The Morgan fingerprint density at radius 3 is 2.91 bits per heavy atom. The molecule has 2 heterocycles. The van der Waals surface area contributed by atoms with Crippen molar-refractivity contribution in [3.63, 3.8) is 0 Å². The van der Waals surface area contributed by atoms with E-state index in [1.165, 1.54) is 12.1 Å². The largest absolute Gasteiger partial charge is 0.486 e. The van der Waals surface area contributed by atoms with Crippen molar-refractivity contribution in [3.05, 3.63) is 47.8 Å². The van der Waals surface area contributed by atoms with E-state index in [9.17, 15) is 9.90 Å². The van der Waals surface area contributed by atoms with E-state index in [1.807, 2.05) is 19.3 Å². The zero-order chi connectivity index (χ0) is 16.4. The number of hydrogen-bond acceptors (Lipinski definition) is 5. The van der Waals surface area contributed by atoms with E-state index >= 15 is 0 Å². The average molecular weight is 317 g/mol. The van der Waals surface area contributed by atoms with Crippen molar-refractivity contribution in [1.82, 2.24) is 14.7 Å². The zero-order valence-corrected chi connectivity index (χ0v) is 12.8. The summed E-state index contributed by atoms with van der Waals surface area (Å²) in [5.41, 5.74) is 1.11. The number of β-amino-alcohol motifs (C(OH)–C–C–N with tert-alkyl or cyclic N) is 1. The molecule has 2 atom stereocenters. The van der Waals surface area contributed by atoms with Crippen LogP contribution in [-0.2, 0) is 13.6 Å². The number of carboxylic acids is 1. The molecule has 1 saturated heterocycles. The van der Waals surface area contributed by atoms with Gasteiger partial charge in [0.25, 0.3) is 0 Å². The Labute approximate surface area is 133 Å². The summed E-state index contributed by atoms with van der Waals surface area (Å²) in [5, 5.41) is 23.5. The minimum atomic E-state index is -1.00. The molecule has 1 fully saturated rings. The summed E-state index contributed by atoms with van der Waals surface area (Å²) in [6.07, 6.45) is 0.877. The molecular weight excluding hydrogens is 298 g/mol. The maximum atomic E-state index is 11.0. The first kappa shape index (κ1) is 15.5. The molecule has 0 radical (unpaired) electrons. The minimum absolute atomic E-state index is 0.167. The van der Waals surface area contributed by atoms with E-state index in [0.717, 1.165) is 5.69 Å². The zero-order valence-electron chi connectivity index (χ0n) is 12.8. The molecular formula is C16H19N3O4. The second kappa shape index (κ2) is 6.39. The van der Waals surface area contributed by atoms with Crippen LogP contribution >= 0.6 is 0 Å². The van der Waals surface area contributed by atoms with Gasteiger partial charge in [-0.2, -0.15) is 5.10 Å². The van der Waals surface area contributed by atoms with Crippen LogP contribution in [0.2, 0.25) is 0 Å². The van der Waals surface area contributed by atoms with E-state index < -0.39 is 12.1 Å². The van der Waals surface area contributed by atoms with Gasteiger partial charge in [-0.25, -0.2) is 4.79 Å². The lowest BCUT2D eigenvalue weighted by molar-refractivity contribution is 0.0688. The van der Waals surface area contributed by atoms with Gasteiger partial charge in [-0.3, -0.25) is 9.58 Å². The highest BCUT2D eigenvalue weighted by Gasteiger charge is 2.33. The highest BCUT2D eigenvalue weighted by Crippen LogP contribution is 2.21. The molecule has 2 N–H and O–H groups in total. The van der Waals surface area contributed by atoms with Crippen molar-refractivity contribution in [3.8, 4) is 5.75 Å². The van der Waals surface area contributed by atoms with Gasteiger partial charge in [0.2, 0.25) is 0 Å². The fourth-order valence-corrected chi connectivity index (χ4v) is 2.73. The molecule has 0 aliphatic carbocycles. The number of nitrogens with zero attached hydrogens (tertiary/aromatic N) is 3. The summed E-state index contributed by atoms with van der Waals surface area (Å²) in [6.45, 7) is 1.71. The number of aliphatic hydroxyl groups is 1. The van der Waals surface area contributed by atoms with E-state index in [2.05, 4.69) is 10.00 Å². The lowest BCUT2D eigenvalue weighted by Crippen LogP contribution is -2.30. The first-order chi connectivity index (χ1) is 11.0. The highest BCUT2D eigenvalue weighted by molar-refractivity contribution is 5.88. The summed E-state index contributed by atoms with van der Waals surface area (Å²) in [6, 6.07) is 8.24. The van der Waals surface area contributed by atoms with Gasteiger partial charge in [0.05, 0.1) is 11.3 Å². The third kappa shape index (κ3) is 3.69. The molecule has 7 heteroatoms. The standard InChI is InChI=1S/C16H19N3O4/c1-18-6-5-12(17-18)8-19-9-14(20)15(10-19)23-13-4-2-3-11(7-13)16(21)22/h2-7,14-15,20H,8-10H2,1H3,(H,21,22)/t14-,15-/m1/s1. The predicted octanol–water partition coefficient (Wildman–Crippen LogP) is 0.742. The van der Waals surface area contributed by atoms with Gasteiger partial charge in [-0.05, 0) is 24.3 Å². The number of carbonyl (C=O) groups is 1. The van der Waals surface area contributed by atoms with Gasteiger partial charge in [-0.15, -0.1) is 0 Å². The molecule has 1 aromatic heterocycles. The first-order valence-corrected chi connectivity index (χ1v) is 7.40. The van der Waals surface area contributed by atoms with Crippen LogP contribution in [0.5, 0.6) is 5.75 Å². The fraction of sp³-hybridized carbons (Fsp3) is 0.375. The normalized spacial score (nSPS) is 21.5. The number of aliphatic hydroxyl groups excluding tert-OH is 1. The van der Waals surface area contributed by atoms with Crippen molar-refractivity contribution in [2.45, 2.75) is 18.8 Å². The van der Waals surface area contributed by atoms with Gasteiger partial charge in [0.15, 0.2) is 0 Å². The molecule has 0 saturated carbocycles. The highest BCUT2D eigenvalue weighted by atomic mass is 16.5. The molecule has 3 rings (SSSR count). The summed E-state index contributed by atoms with van der Waals surface area (Å²) < 4.78 is 7.51. The maximum Gasteiger partial charge on any atom is 0.335 e. The van der Waals surface area contributed by atoms with Crippen molar-refractivity contribution in [2.75, 3.05) is 13.1 Å². The Morgan fingerprint density at radius 1 is 1.39 bits per heavy atom. The molecule has 0 spiro atoms. The van der Waals surface area contributed by atoms with E-state index in [0.29, 0.717) is 25.4 Å². The molecule has 1 aliphatic rings. The molecule has 1 aliphatic heterocycles. The van der Waals surface area contributed by atoms with Crippen molar-refractivity contribution < 1.29 is 19.7 Å². The van der Waals surface area contributed by atoms with Crippen LogP contribution in [0.15, 0.2) is 36.5 Å². The monoisotopic (exact) mass is 317 g/mol. The van der Waals surface area contributed by atoms with Crippen LogP contribution < -0.4 is 4.74 Å². The number of carboxylic acid groups (broad SMARTS) is 1. The van der Waals surface area contributed by atoms with E-state index in [1.54, 1.807) is 16.8 Å². The maximum absolute atomic E-state index is 11.0. The van der Waals surface area contributed by atoms with Crippen molar-refractivity contribution in [2.24, 2.45) is 7.05 Å². The van der Waals surface area contributed by atoms with Crippen LogP contribution in [0, 0.1) is 0 Å². The Kier molecular flexibility index (Phi) is 4.31. The number of rotatable bonds is 5. The number of aromatic carboxylic acids is 1. The quantitative estimate of drug-likeness (QED) is 0.846. The lowest BCUT2D eigenvalue weighted by atomic mass is 10.2. The summed E-state index contributed by atoms with van der Waals surface area (Å²) in [5.74, 6) is -0.548. The first-order valence-electron chi connectivity index (χ1n) is 7.40. The van der Waals surface area contributed by atoms with E-state index in [-0.39, 0.29) is 11.7 Å². The average Bonchev–Trinajstić information content (AvgIpc) is 3.06. The Balaban J connectivity index is 1.62. The second-order valence-electron chi connectivity index (χ2n) is 5.73. The van der Waals surface area contributed by atoms with Crippen LogP contribution in [0.25, 0.3) is 0 Å². The van der Waals surface area contributed by atoms with Crippen molar-refractivity contribution in [1.29, 1.82) is 0 Å². The summed E-state index contributed by atoms with van der Waals surface area (Å²) in [7, 11) is 1.86. The number of aryl methyl sites for hydroxylation is 1. The molecule has 7 nitrogen and oxygen atoms in total. The van der Waals surface area contributed by atoms with Crippen LogP contribution in [0.4, 0.5) is 0 Å². The molecule has 1 aromatic carbocycles. The molecule has 122 valence electrons. The van der Waals surface area contributed by atoms with Gasteiger partial charge in [0.1, 0.15) is 18.0 Å². The van der Waals surface area contributed by atoms with Crippen LogP contribution in [-0.4, -0.2) is 56.2 Å². The topological polar surface area (TPSA) is 87.8 Å². The molecule has 0 bridgehead atoms. The van der Waals surface area contributed by atoms with Crippen LogP contribution in [0.1, 0.15) is 16.1 Å². The van der Waals surface area contributed by atoms with Gasteiger partial charge < -0.3 is 14.9 Å². The second-order valence-corrected chi connectivity index (χ2v) is 5.73. The predicted molar refractivity (Wildman–Crippen MR) is 82.3 cm³/mol. The van der Waals surface area contributed by atoms with Crippen LogP contribution in [0.3, 0.4) is 0 Å². The molecule has 2 aromatic rings. The molecule has 23 heavy (non-hydrogen) atoms. The third-order valence-electron chi connectivity index (χ3n) is 3.84. The number of ether oxygens (including phenoxy) is 1. The third-order valence-corrected chi connectivity index (χ3v) is 3.84. The SMILES string of the molecule is Cn1ccc(CN2C[C@@H](O)[C@H](Oc3cccc(C(=O)O)c3)C2)n1. The molecule has 0 unspecified atom stereocenters. The Hall–Kier alpha value is -2.38. The number of likely N-dealkylation sites (tertiary alicyclic amines) is 1. The number of benzene rings is 1. The summed E-state index contributed by atoms with van der Waals surface area (Å²) in [4.78, 5) is 13.1. The number of aromatic nitrogens is 2. The van der Waals surface area contributed by atoms with Gasteiger partial charge in [0, 0.05) is 32.9 Å². The van der Waals surface area contributed by atoms with Gasteiger partial charge >= 0.3 is 5.97 Å². The van der Waals surface area contributed by atoms with Crippen molar-refractivity contribution >= 4 is 5.97 Å². The smallest absolute Gasteiger partial charge is 0.335 e. The molecule has 0 amide bonds. The van der Waals surface area contributed by atoms with Gasteiger partial charge in [-0.1, -0.05) is 6.07 Å². The Bertz CT molecular complexity index is 700.